The summed E-state index contributed by atoms with van der Waals surface area (Å²) in [5.74, 6) is 0.341. The third-order valence-electron chi connectivity index (χ3n) is 7.14. The van der Waals surface area contributed by atoms with Crippen LogP contribution in [0.4, 0.5) is 16.2 Å². The minimum absolute atomic E-state index is 0.110. The Morgan fingerprint density at radius 2 is 1.98 bits per heavy atom. The van der Waals surface area contributed by atoms with Crippen molar-refractivity contribution in [1.82, 2.24) is 15.0 Å². The van der Waals surface area contributed by atoms with Gasteiger partial charge in [0, 0.05) is 25.6 Å². The minimum Gasteiger partial charge on any atom is -0.486 e. The lowest BCUT2D eigenvalue weighted by Crippen LogP contribution is -2.49. The van der Waals surface area contributed by atoms with Gasteiger partial charge in [-0.3, -0.25) is 9.69 Å². The summed E-state index contributed by atoms with van der Waals surface area (Å²) < 4.78 is 11.7. The fourth-order valence-electron chi connectivity index (χ4n) is 4.81. The fourth-order valence-corrected chi connectivity index (χ4v) is 5.13. The number of anilines is 2. The van der Waals surface area contributed by atoms with E-state index in [1.165, 1.54) is 0 Å². The average molecular weight is 605 g/mol. The van der Waals surface area contributed by atoms with Gasteiger partial charge < -0.3 is 29.9 Å². The van der Waals surface area contributed by atoms with E-state index >= 15 is 0 Å². The number of aromatic nitrogens is 1. The maximum absolute atomic E-state index is 13.7. The summed E-state index contributed by atoms with van der Waals surface area (Å²) in [7, 11) is 1.97. The summed E-state index contributed by atoms with van der Waals surface area (Å²) in [6.45, 7) is 8.53. The molecule has 0 fully saturated rings. The monoisotopic (exact) mass is 603 g/mol. The number of nitrogens with zero attached hydrogens (tertiary/aromatic N) is 3. The number of aliphatic hydroxyl groups is 1. The highest BCUT2D eigenvalue weighted by molar-refractivity contribution is 6.42. The van der Waals surface area contributed by atoms with Crippen LogP contribution in [0.1, 0.15) is 41.2 Å². The summed E-state index contributed by atoms with van der Waals surface area (Å²) in [6.07, 6.45) is -0.364. The van der Waals surface area contributed by atoms with Crippen LogP contribution in [0.25, 0.3) is 0 Å². The van der Waals surface area contributed by atoms with Crippen molar-refractivity contribution in [2.75, 3.05) is 37.4 Å². The number of aryl methyl sites for hydroxylation is 2. The molecule has 0 radical (unpaired) electrons. The van der Waals surface area contributed by atoms with Gasteiger partial charge in [-0.15, -0.1) is 0 Å². The number of aliphatic hydroxyl groups excluding tert-OH is 1. The number of hydrogen-bond donors (Lipinski definition) is 3. The average Bonchev–Trinajstić information content (AvgIpc) is 3.24. The van der Waals surface area contributed by atoms with Crippen LogP contribution < -0.4 is 15.4 Å². The fraction of sp³-hybridized carbons (Fsp3) is 0.414. The van der Waals surface area contributed by atoms with Crippen LogP contribution in [0.3, 0.4) is 0 Å². The molecule has 0 spiro atoms. The molecule has 1 aliphatic heterocycles. The number of benzene rings is 2. The lowest BCUT2D eigenvalue weighted by Gasteiger charge is -2.38. The Kier molecular flexibility index (Phi) is 9.80. The number of carbonyl (C=O) groups excluding carboxylic acids is 2. The van der Waals surface area contributed by atoms with Crippen molar-refractivity contribution in [3.8, 4) is 5.75 Å². The molecular weight excluding hydrogens is 569 g/mol. The number of urea groups is 1. The second-order valence-corrected chi connectivity index (χ2v) is 11.3. The maximum Gasteiger partial charge on any atom is 0.323 e. The molecule has 1 aliphatic rings. The van der Waals surface area contributed by atoms with Crippen molar-refractivity contribution >= 4 is 46.5 Å². The first-order valence-corrected chi connectivity index (χ1v) is 14.1. The van der Waals surface area contributed by atoms with E-state index in [0.717, 1.165) is 5.56 Å². The first-order chi connectivity index (χ1) is 19.5. The number of fused-ring (bicyclic) bond motifs is 1. The van der Waals surface area contributed by atoms with Crippen LogP contribution in [0, 0.1) is 19.8 Å². The van der Waals surface area contributed by atoms with Crippen molar-refractivity contribution in [2.45, 2.75) is 46.4 Å². The largest absolute Gasteiger partial charge is 0.486 e. The third kappa shape index (κ3) is 7.13. The molecular formula is C29H35Cl2N5O5. The Hall–Kier alpha value is -3.31. The van der Waals surface area contributed by atoms with Gasteiger partial charge in [-0.25, -0.2) is 4.79 Å². The van der Waals surface area contributed by atoms with Gasteiger partial charge >= 0.3 is 6.03 Å². The molecule has 2 aromatic carbocycles. The number of amides is 3. The van der Waals surface area contributed by atoms with E-state index in [2.05, 4.69) is 20.7 Å². The van der Waals surface area contributed by atoms with Crippen molar-refractivity contribution < 1.29 is 24.0 Å². The number of para-hydroxylation sites is 1. The summed E-state index contributed by atoms with van der Waals surface area (Å²) in [5, 5.41) is 20.4. The van der Waals surface area contributed by atoms with Gasteiger partial charge in [-0.2, -0.15) is 0 Å². The molecule has 41 heavy (non-hydrogen) atoms. The minimum atomic E-state index is -0.534. The van der Waals surface area contributed by atoms with Crippen LogP contribution in [-0.4, -0.2) is 70.9 Å². The number of nitrogens with one attached hydrogen (secondary N) is 2. The zero-order valence-corrected chi connectivity index (χ0v) is 25.2. The quantitative estimate of drug-likeness (QED) is 0.307. The first kappa shape index (κ1) is 30.6. The first-order valence-electron chi connectivity index (χ1n) is 13.3. The number of halogens is 2. The molecule has 0 bridgehead atoms. The lowest BCUT2D eigenvalue weighted by molar-refractivity contribution is 0.0343. The van der Waals surface area contributed by atoms with Gasteiger partial charge in [-0.1, -0.05) is 47.4 Å². The van der Waals surface area contributed by atoms with Gasteiger partial charge in [0.1, 0.15) is 17.5 Å². The van der Waals surface area contributed by atoms with Crippen LogP contribution in [0.5, 0.6) is 5.75 Å². The van der Waals surface area contributed by atoms with Crippen LogP contribution in [-0.2, 0) is 6.54 Å². The summed E-state index contributed by atoms with van der Waals surface area (Å²) in [6, 6.07) is 9.61. The molecule has 4 rings (SSSR count). The summed E-state index contributed by atoms with van der Waals surface area (Å²) >= 11 is 12.3. The second kappa shape index (κ2) is 13.1. The Labute approximate surface area is 249 Å². The summed E-state index contributed by atoms with van der Waals surface area (Å²) in [4.78, 5) is 30.5. The molecule has 0 saturated carbocycles. The molecule has 3 atom stereocenters. The zero-order valence-electron chi connectivity index (χ0n) is 23.7. The van der Waals surface area contributed by atoms with Gasteiger partial charge in [0.15, 0.2) is 11.5 Å². The Morgan fingerprint density at radius 1 is 1.22 bits per heavy atom. The maximum atomic E-state index is 13.7. The highest BCUT2D eigenvalue weighted by atomic mass is 35.5. The van der Waals surface area contributed by atoms with Crippen LogP contribution >= 0.6 is 23.2 Å². The standard InChI is InChI=1S/C29H35Cl2N5O5/c1-16-12-36(17(2)15-37)28(38)21-7-6-8-24(32-29(39)33-26-18(3)34-41-19(26)4)27(21)40-25(16)14-35(5)13-20-9-10-22(30)23(31)11-20/h6-11,16-17,25,37H,12-15H2,1-5H3,(H2,32,33,39)/t16-,17-,25+/m1/s1. The molecule has 1 aromatic heterocycles. The molecule has 0 saturated heterocycles. The van der Waals surface area contributed by atoms with E-state index in [-0.39, 0.29) is 30.3 Å². The van der Waals surface area contributed by atoms with E-state index in [1.807, 2.05) is 26.1 Å². The van der Waals surface area contributed by atoms with Crippen molar-refractivity contribution in [3.05, 3.63) is 69.0 Å². The number of carbonyl (C=O) groups is 2. The second-order valence-electron chi connectivity index (χ2n) is 10.5. The van der Waals surface area contributed by atoms with Crippen molar-refractivity contribution in [2.24, 2.45) is 5.92 Å². The normalized spacial score (nSPS) is 17.9. The summed E-state index contributed by atoms with van der Waals surface area (Å²) in [5.41, 5.74) is 2.63. The Bertz CT molecular complexity index is 1390. The van der Waals surface area contributed by atoms with E-state index in [4.69, 9.17) is 32.5 Å². The molecule has 12 heteroatoms. The van der Waals surface area contributed by atoms with E-state index in [0.29, 0.717) is 58.1 Å². The van der Waals surface area contributed by atoms with E-state index in [9.17, 15) is 14.7 Å². The zero-order chi connectivity index (χ0) is 29.8. The predicted molar refractivity (Wildman–Crippen MR) is 159 cm³/mol. The number of hydrogen-bond acceptors (Lipinski definition) is 7. The van der Waals surface area contributed by atoms with Crippen LogP contribution in [0.2, 0.25) is 10.0 Å². The van der Waals surface area contributed by atoms with Crippen molar-refractivity contribution in [3.63, 3.8) is 0 Å². The lowest BCUT2D eigenvalue weighted by atomic mass is 9.99. The van der Waals surface area contributed by atoms with Gasteiger partial charge in [0.25, 0.3) is 5.91 Å². The number of ether oxygens (including phenoxy) is 1. The Morgan fingerprint density at radius 3 is 2.63 bits per heavy atom. The van der Waals surface area contributed by atoms with Crippen LogP contribution in [0.15, 0.2) is 40.9 Å². The van der Waals surface area contributed by atoms with Gasteiger partial charge in [-0.05, 0) is 57.6 Å². The van der Waals surface area contributed by atoms with Crippen molar-refractivity contribution in [1.29, 1.82) is 0 Å². The number of likely N-dealkylation sites (N-methyl/N-ethyl adjacent to an activating group) is 1. The smallest absolute Gasteiger partial charge is 0.323 e. The molecule has 220 valence electrons. The Balaban J connectivity index is 1.64. The van der Waals surface area contributed by atoms with Gasteiger partial charge in [0.2, 0.25) is 0 Å². The highest BCUT2D eigenvalue weighted by Crippen LogP contribution is 2.35. The molecule has 3 N–H and O–H groups in total. The predicted octanol–water partition coefficient (Wildman–Crippen LogP) is 5.59. The SMILES string of the molecule is Cc1noc(C)c1NC(=O)Nc1cccc2c1O[C@@H](CN(C)Cc1ccc(Cl)c(Cl)c1)[C@H](C)CN([C@H](C)CO)C2=O. The molecule has 10 nitrogen and oxygen atoms in total. The molecule has 3 amide bonds. The molecule has 0 aliphatic carbocycles. The third-order valence-corrected chi connectivity index (χ3v) is 7.88. The molecule has 3 aromatic rings. The topological polar surface area (TPSA) is 120 Å². The van der Waals surface area contributed by atoms with E-state index in [1.54, 1.807) is 49.9 Å². The molecule has 2 heterocycles. The highest BCUT2D eigenvalue weighted by Gasteiger charge is 2.34. The van der Waals surface area contributed by atoms with Gasteiger partial charge in [0.05, 0.1) is 33.9 Å². The van der Waals surface area contributed by atoms with E-state index < -0.39 is 12.1 Å². The number of rotatable bonds is 8. The molecule has 0 unspecified atom stereocenters.